The van der Waals surface area contributed by atoms with E-state index in [1.807, 2.05) is 6.07 Å². The van der Waals surface area contributed by atoms with Crippen molar-refractivity contribution in [3.63, 3.8) is 0 Å². The summed E-state index contributed by atoms with van der Waals surface area (Å²) in [5.41, 5.74) is 0. The lowest BCUT2D eigenvalue weighted by molar-refractivity contribution is -0.131. The van der Waals surface area contributed by atoms with Crippen molar-refractivity contribution < 1.29 is 9.21 Å². The second-order valence-corrected chi connectivity index (χ2v) is 3.20. The third-order valence-electron chi connectivity index (χ3n) is 1.88. The number of furan rings is 1. The van der Waals surface area contributed by atoms with Crippen molar-refractivity contribution in [2.45, 2.75) is 6.42 Å². The van der Waals surface area contributed by atoms with Gasteiger partial charge in [0.25, 0.3) is 0 Å². The van der Waals surface area contributed by atoms with Gasteiger partial charge >= 0.3 is 0 Å². The third kappa shape index (κ3) is 2.36. The molecule has 0 aliphatic heterocycles. The van der Waals surface area contributed by atoms with Crippen LogP contribution in [0.4, 0.5) is 0 Å². The van der Waals surface area contributed by atoms with E-state index in [0.717, 1.165) is 0 Å². The number of rotatable bonds is 3. The quantitative estimate of drug-likeness (QED) is 0.719. The van der Waals surface area contributed by atoms with Crippen LogP contribution in [0.2, 0.25) is 0 Å². The van der Waals surface area contributed by atoms with E-state index in [-0.39, 0.29) is 5.91 Å². The summed E-state index contributed by atoms with van der Waals surface area (Å²) in [5, 5.41) is 8.80. The van der Waals surface area contributed by atoms with E-state index < -0.39 is 5.92 Å². The van der Waals surface area contributed by atoms with Crippen molar-refractivity contribution in [2.75, 3.05) is 14.1 Å². The highest BCUT2D eigenvalue weighted by Gasteiger charge is 2.20. The molecular formula is C10H12N2O2. The van der Waals surface area contributed by atoms with Crippen LogP contribution >= 0.6 is 0 Å². The van der Waals surface area contributed by atoms with Gasteiger partial charge in [0.15, 0.2) is 0 Å². The molecule has 1 unspecified atom stereocenters. The highest BCUT2D eigenvalue weighted by molar-refractivity contribution is 5.80. The minimum Gasteiger partial charge on any atom is -0.469 e. The molecule has 0 aliphatic rings. The summed E-state index contributed by atoms with van der Waals surface area (Å²) in [7, 11) is 3.27. The zero-order valence-corrected chi connectivity index (χ0v) is 8.23. The largest absolute Gasteiger partial charge is 0.469 e. The first kappa shape index (κ1) is 10.3. The van der Waals surface area contributed by atoms with Gasteiger partial charge in [0.1, 0.15) is 11.7 Å². The molecule has 4 heteroatoms. The Morgan fingerprint density at radius 2 is 2.43 bits per heavy atom. The minimum atomic E-state index is -0.656. The normalized spacial score (nSPS) is 11.8. The number of hydrogen-bond acceptors (Lipinski definition) is 3. The van der Waals surface area contributed by atoms with Gasteiger partial charge in [0.2, 0.25) is 5.91 Å². The van der Waals surface area contributed by atoms with Crippen LogP contribution in [0.5, 0.6) is 0 Å². The number of carbonyl (C=O) groups excluding carboxylic acids is 1. The molecule has 0 aromatic carbocycles. The zero-order valence-electron chi connectivity index (χ0n) is 8.23. The van der Waals surface area contributed by atoms with Gasteiger partial charge in [0.05, 0.1) is 12.3 Å². The van der Waals surface area contributed by atoms with Crippen molar-refractivity contribution in [2.24, 2.45) is 5.92 Å². The van der Waals surface area contributed by atoms with Crippen molar-refractivity contribution in [1.29, 1.82) is 5.26 Å². The van der Waals surface area contributed by atoms with Crippen LogP contribution in [0, 0.1) is 17.2 Å². The fraction of sp³-hybridized carbons (Fsp3) is 0.400. The number of nitriles is 1. The minimum absolute atomic E-state index is 0.191. The summed E-state index contributed by atoms with van der Waals surface area (Å²) >= 11 is 0. The maximum absolute atomic E-state index is 11.5. The number of carbonyl (C=O) groups is 1. The first-order chi connectivity index (χ1) is 6.65. The molecule has 0 saturated carbocycles. The molecule has 1 aromatic rings. The lowest BCUT2D eigenvalue weighted by Crippen LogP contribution is -2.29. The second-order valence-electron chi connectivity index (χ2n) is 3.20. The lowest BCUT2D eigenvalue weighted by atomic mass is 10.0. The Balaban J connectivity index is 2.66. The lowest BCUT2D eigenvalue weighted by Gasteiger charge is -2.13. The van der Waals surface area contributed by atoms with Crippen molar-refractivity contribution in [3.8, 4) is 6.07 Å². The van der Waals surface area contributed by atoms with Gasteiger partial charge in [-0.1, -0.05) is 0 Å². The Morgan fingerprint density at radius 1 is 1.71 bits per heavy atom. The predicted molar refractivity (Wildman–Crippen MR) is 50.2 cm³/mol. The van der Waals surface area contributed by atoms with E-state index in [9.17, 15) is 4.79 Å². The molecule has 1 heterocycles. The molecule has 0 fully saturated rings. The Bertz CT molecular complexity index is 336. The molecule has 14 heavy (non-hydrogen) atoms. The maximum Gasteiger partial charge on any atom is 0.239 e. The van der Waals surface area contributed by atoms with Gasteiger partial charge < -0.3 is 9.32 Å². The smallest absolute Gasteiger partial charge is 0.239 e. The SMILES string of the molecule is CN(C)C(=O)C(C#N)Cc1ccco1. The summed E-state index contributed by atoms with van der Waals surface area (Å²) in [6, 6.07) is 5.47. The fourth-order valence-corrected chi connectivity index (χ4v) is 1.13. The van der Waals surface area contributed by atoms with Crippen molar-refractivity contribution in [3.05, 3.63) is 24.2 Å². The van der Waals surface area contributed by atoms with E-state index in [1.54, 1.807) is 26.2 Å². The molecule has 0 radical (unpaired) electrons. The van der Waals surface area contributed by atoms with Crippen molar-refractivity contribution >= 4 is 5.91 Å². The monoisotopic (exact) mass is 192 g/mol. The first-order valence-corrected chi connectivity index (χ1v) is 4.28. The highest BCUT2D eigenvalue weighted by atomic mass is 16.3. The van der Waals surface area contributed by atoms with Gasteiger partial charge in [-0.05, 0) is 12.1 Å². The Labute approximate surface area is 82.7 Å². The summed E-state index contributed by atoms with van der Waals surface area (Å²) < 4.78 is 5.07. The molecule has 1 atom stereocenters. The summed E-state index contributed by atoms with van der Waals surface area (Å²) in [4.78, 5) is 12.9. The van der Waals surface area contributed by atoms with Crippen LogP contribution in [0.15, 0.2) is 22.8 Å². The third-order valence-corrected chi connectivity index (χ3v) is 1.88. The van der Waals surface area contributed by atoms with Gasteiger partial charge in [-0.2, -0.15) is 5.26 Å². The Morgan fingerprint density at radius 3 is 2.86 bits per heavy atom. The molecule has 0 N–H and O–H groups in total. The van der Waals surface area contributed by atoms with Gasteiger partial charge in [-0.15, -0.1) is 0 Å². The molecule has 0 aliphatic carbocycles. The van der Waals surface area contributed by atoms with E-state index in [2.05, 4.69) is 0 Å². The number of hydrogen-bond donors (Lipinski definition) is 0. The topological polar surface area (TPSA) is 57.2 Å². The van der Waals surface area contributed by atoms with Crippen LogP contribution in [0.25, 0.3) is 0 Å². The number of amides is 1. The highest BCUT2D eigenvalue weighted by Crippen LogP contribution is 2.10. The summed E-state index contributed by atoms with van der Waals surface area (Å²) in [5.74, 6) is -0.188. The average molecular weight is 192 g/mol. The van der Waals surface area contributed by atoms with Crippen LogP contribution in [0.1, 0.15) is 5.76 Å². The van der Waals surface area contributed by atoms with E-state index in [0.29, 0.717) is 12.2 Å². The maximum atomic E-state index is 11.5. The standard InChI is InChI=1S/C10H12N2O2/c1-12(2)10(13)8(7-11)6-9-4-3-5-14-9/h3-5,8H,6H2,1-2H3. The Kier molecular flexibility index (Phi) is 3.29. The van der Waals surface area contributed by atoms with E-state index in [1.165, 1.54) is 11.2 Å². The van der Waals surface area contributed by atoms with Crippen LogP contribution in [-0.2, 0) is 11.2 Å². The van der Waals surface area contributed by atoms with Crippen LogP contribution in [-0.4, -0.2) is 24.9 Å². The molecule has 74 valence electrons. The second kappa shape index (κ2) is 4.47. The van der Waals surface area contributed by atoms with E-state index >= 15 is 0 Å². The van der Waals surface area contributed by atoms with Gasteiger partial charge in [-0.3, -0.25) is 4.79 Å². The predicted octanol–water partition coefficient (Wildman–Crippen LogP) is 1.05. The average Bonchev–Trinajstić information content (AvgIpc) is 2.65. The summed E-state index contributed by atoms with van der Waals surface area (Å²) in [6.07, 6.45) is 1.87. The molecular weight excluding hydrogens is 180 g/mol. The molecule has 1 amide bonds. The molecule has 0 bridgehead atoms. The first-order valence-electron chi connectivity index (χ1n) is 4.28. The fourth-order valence-electron chi connectivity index (χ4n) is 1.13. The summed E-state index contributed by atoms with van der Waals surface area (Å²) in [6.45, 7) is 0. The number of nitrogens with zero attached hydrogens (tertiary/aromatic N) is 2. The zero-order chi connectivity index (χ0) is 10.6. The van der Waals surface area contributed by atoms with E-state index in [4.69, 9.17) is 9.68 Å². The Hall–Kier alpha value is -1.76. The molecule has 4 nitrogen and oxygen atoms in total. The molecule has 1 rings (SSSR count). The van der Waals surface area contributed by atoms with Crippen molar-refractivity contribution in [1.82, 2.24) is 4.90 Å². The molecule has 1 aromatic heterocycles. The van der Waals surface area contributed by atoms with Gasteiger partial charge in [-0.25, -0.2) is 0 Å². The van der Waals surface area contributed by atoms with Gasteiger partial charge in [0, 0.05) is 20.5 Å². The van der Waals surface area contributed by atoms with Crippen LogP contribution < -0.4 is 0 Å². The van der Waals surface area contributed by atoms with Crippen LogP contribution in [0.3, 0.4) is 0 Å². The molecule has 0 spiro atoms. The molecule has 0 saturated heterocycles.